The van der Waals surface area contributed by atoms with E-state index < -0.39 is 12.0 Å². The van der Waals surface area contributed by atoms with Crippen molar-refractivity contribution in [2.24, 2.45) is 0 Å². The number of nitrogens with one attached hydrogen (secondary N) is 1. The first-order valence-corrected chi connectivity index (χ1v) is 7.96. The standard InChI is InChI=1S/C16H13F3N8/c1-10(12-9-26(25-21-12)11-5-3-2-4-6-11)20-13-7-8-14-22-23-15(16(17,18)19)27(14)24-13/h2-10H,1H3,(H,20,24). The molecule has 27 heavy (non-hydrogen) atoms. The zero-order valence-corrected chi connectivity index (χ0v) is 14.0. The van der Waals surface area contributed by atoms with Crippen molar-refractivity contribution in [2.75, 3.05) is 5.32 Å². The van der Waals surface area contributed by atoms with E-state index in [1.54, 1.807) is 10.9 Å². The maximum atomic E-state index is 13.0. The summed E-state index contributed by atoms with van der Waals surface area (Å²) in [5.41, 5.74) is 1.47. The van der Waals surface area contributed by atoms with E-state index in [1.165, 1.54) is 12.1 Å². The number of rotatable bonds is 4. The van der Waals surface area contributed by atoms with Gasteiger partial charge in [0.15, 0.2) is 5.65 Å². The summed E-state index contributed by atoms with van der Waals surface area (Å²) in [5, 5.41) is 21.8. The normalized spacial score (nSPS) is 13.0. The fourth-order valence-corrected chi connectivity index (χ4v) is 2.52. The van der Waals surface area contributed by atoms with E-state index in [-0.39, 0.29) is 17.5 Å². The van der Waals surface area contributed by atoms with Gasteiger partial charge in [-0.05, 0) is 31.2 Å². The van der Waals surface area contributed by atoms with Crippen LogP contribution in [0.25, 0.3) is 11.3 Å². The molecule has 0 radical (unpaired) electrons. The second-order valence-corrected chi connectivity index (χ2v) is 5.80. The Balaban J connectivity index is 1.58. The molecule has 1 N–H and O–H groups in total. The number of halogens is 3. The molecule has 138 valence electrons. The van der Waals surface area contributed by atoms with Crippen LogP contribution in [0.1, 0.15) is 24.5 Å². The van der Waals surface area contributed by atoms with Crippen molar-refractivity contribution in [1.82, 2.24) is 34.8 Å². The Hall–Kier alpha value is -3.50. The number of alkyl halides is 3. The number of benzene rings is 1. The SMILES string of the molecule is CC(Nc1ccc2nnc(C(F)(F)F)n2n1)c1cn(-c2ccccc2)nn1. The van der Waals surface area contributed by atoms with E-state index in [0.717, 1.165) is 5.69 Å². The maximum absolute atomic E-state index is 13.0. The Bertz CT molecular complexity index is 1070. The molecule has 8 nitrogen and oxygen atoms in total. The highest BCUT2D eigenvalue weighted by molar-refractivity contribution is 5.45. The number of hydrogen-bond donors (Lipinski definition) is 1. The molecule has 11 heteroatoms. The molecule has 0 aliphatic heterocycles. The lowest BCUT2D eigenvalue weighted by Crippen LogP contribution is -2.14. The Morgan fingerprint density at radius 2 is 1.78 bits per heavy atom. The van der Waals surface area contributed by atoms with Gasteiger partial charge < -0.3 is 5.32 Å². The number of para-hydroxylation sites is 1. The molecule has 0 saturated heterocycles. The summed E-state index contributed by atoms with van der Waals surface area (Å²) >= 11 is 0. The topological polar surface area (TPSA) is 85.8 Å². The van der Waals surface area contributed by atoms with E-state index in [2.05, 4.69) is 30.9 Å². The highest BCUT2D eigenvalue weighted by Gasteiger charge is 2.37. The van der Waals surface area contributed by atoms with Crippen LogP contribution in [-0.4, -0.2) is 34.8 Å². The van der Waals surface area contributed by atoms with Crippen LogP contribution in [0.3, 0.4) is 0 Å². The van der Waals surface area contributed by atoms with Gasteiger partial charge in [0.25, 0.3) is 5.82 Å². The highest BCUT2D eigenvalue weighted by Crippen LogP contribution is 2.28. The minimum Gasteiger partial charge on any atom is -0.360 e. The van der Waals surface area contributed by atoms with Gasteiger partial charge in [0, 0.05) is 0 Å². The van der Waals surface area contributed by atoms with Crippen molar-refractivity contribution in [3.63, 3.8) is 0 Å². The van der Waals surface area contributed by atoms with Crippen LogP contribution in [0.4, 0.5) is 19.0 Å². The largest absolute Gasteiger partial charge is 0.453 e. The van der Waals surface area contributed by atoms with Crippen molar-refractivity contribution >= 4 is 11.5 Å². The lowest BCUT2D eigenvalue weighted by atomic mass is 10.2. The number of nitrogens with zero attached hydrogens (tertiary/aromatic N) is 7. The molecule has 4 rings (SSSR count). The van der Waals surface area contributed by atoms with Crippen LogP contribution < -0.4 is 5.32 Å². The zero-order valence-electron chi connectivity index (χ0n) is 14.0. The minimum absolute atomic E-state index is 0.00977. The van der Waals surface area contributed by atoms with Gasteiger partial charge >= 0.3 is 6.18 Å². The van der Waals surface area contributed by atoms with Gasteiger partial charge in [-0.15, -0.1) is 20.4 Å². The third kappa shape index (κ3) is 3.30. The van der Waals surface area contributed by atoms with Gasteiger partial charge in [0.1, 0.15) is 11.5 Å². The van der Waals surface area contributed by atoms with Crippen molar-refractivity contribution in [1.29, 1.82) is 0 Å². The van der Waals surface area contributed by atoms with E-state index in [9.17, 15) is 13.2 Å². The summed E-state index contributed by atoms with van der Waals surface area (Å²) in [6.45, 7) is 1.81. The number of hydrogen-bond acceptors (Lipinski definition) is 6. The van der Waals surface area contributed by atoms with E-state index in [0.29, 0.717) is 10.2 Å². The predicted molar refractivity (Wildman–Crippen MR) is 89.2 cm³/mol. The molecular weight excluding hydrogens is 361 g/mol. The van der Waals surface area contributed by atoms with Gasteiger partial charge in [-0.1, -0.05) is 23.4 Å². The molecule has 0 aliphatic rings. The van der Waals surface area contributed by atoms with Crippen LogP contribution in [0, 0.1) is 0 Å². The Morgan fingerprint density at radius 3 is 2.52 bits per heavy atom. The van der Waals surface area contributed by atoms with E-state index in [1.807, 2.05) is 37.3 Å². The third-order valence-electron chi connectivity index (χ3n) is 3.86. The first kappa shape index (κ1) is 16.9. The van der Waals surface area contributed by atoms with Gasteiger partial charge in [0.2, 0.25) is 0 Å². The Morgan fingerprint density at radius 1 is 1.00 bits per heavy atom. The molecule has 0 aliphatic carbocycles. The molecule has 0 bridgehead atoms. The molecule has 0 fully saturated rings. The smallest absolute Gasteiger partial charge is 0.360 e. The molecular formula is C16H13F3N8. The summed E-state index contributed by atoms with van der Waals surface area (Å²) in [6.07, 6.45) is -2.90. The molecule has 0 amide bonds. The van der Waals surface area contributed by atoms with Crippen molar-refractivity contribution in [3.8, 4) is 5.69 Å². The molecule has 4 aromatic rings. The van der Waals surface area contributed by atoms with Gasteiger partial charge in [0.05, 0.1) is 17.9 Å². The fraction of sp³-hybridized carbons (Fsp3) is 0.188. The lowest BCUT2D eigenvalue weighted by Gasteiger charge is -2.12. The zero-order chi connectivity index (χ0) is 19.0. The van der Waals surface area contributed by atoms with Gasteiger partial charge in [-0.25, -0.2) is 4.68 Å². The summed E-state index contributed by atoms with van der Waals surface area (Å²) in [6, 6.07) is 12.0. The maximum Gasteiger partial charge on any atom is 0.453 e. The monoisotopic (exact) mass is 374 g/mol. The summed E-state index contributed by atoms with van der Waals surface area (Å²) in [7, 11) is 0. The van der Waals surface area contributed by atoms with Crippen LogP contribution in [0.2, 0.25) is 0 Å². The van der Waals surface area contributed by atoms with Gasteiger partial charge in [-0.3, -0.25) is 0 Å². The molecule has 3 aromatic heterocycles. The van der Waals surface area contributed by atoms with Crippen LogP contribution in [-0.2, 0) is 6.18 Å². The third-order valence-corrected chi connectivity index (χ3v) is 3.86. The lowest BCUT2D eigenvalue weighted by molar-refractivity contribution is -0.146. The summed E-state index contributed by atoms with van der Waals surface area (Å²) < 4.78 is 41.2. The van der Waals surface area contributed by atoms with Crippen molar-refractivity contribution < 1.29 is 13.2 Å². The summed E-state index contributed by atoms with van der Waals surface area (Å²) in [5.74, 6) is -0.946. The Kier molecular flexibility index (Phi) is 3.98. The molecule has 3 heterocycles. The van der Waals surface area contributed by atoms with Crippen LogP contribution in [0.15, 0.2) is 48.7 Å². The van der Waals surface area contributed by atoms with E-state index >= 15 is 0 Å². The average molecular weight is 374 g/mol. The molecule has 1 aromatic carbocycles. The molecule has 0 saturated carbocycles. The first-order chi connectivity index (χ1) is 12.9. The summed E-state index contributed by atoms with van der Waals surface area (Å²) in [4.78, 5) is 0. The first-order valence-electron chi connectivity index (χ1n) is 7.96. The van der Waals surface area contributed by atoms with E-state index in [4.69, 9.17) is 0 Å². The quantitative estimate of drug-likeness (QED) is 0.591. The second-order valence-electron chi connectivity index (χ2n) is 5.80. The minimum atomic E-state index is -4.64. The predicted octanol–water partition coefficient (Wildman–Crippen LogP) is 2.90. The van der Waals surface area contributed by atoms with Crippen LogP contribution >= 0.6 is 0 Å². The highest BCUT2D eigenvalue weighted by atomic mass is 19.4. The second kappa shape index (κ2) is 6.34. The fourth-order valence-electron chi connectivity index (χ4n) is 2.52. The molecule has 0 spiro atoms. The van der Waals surface area contributed by atoms with Gasteiger partial charge in [-0.2, -0.15) is 17.7 Å². The number of fused-ring (bicyclic) bond motifs is 1. The van der Waals surface area contributed by atoms with Crippen molar-refractivity contribution in [3.05, 3.63) is 60.2 Å². The molecule has 1 atom stereocenters. The molecule has 1 unspecified atom stereocenters. The van der Waals surface area contributed by atoms with Crippen molar-refractivity contribution in [2.45, 2.75) is 19.1 Å². The van der Waals surface area contributed by atoms with Crippen LogP contribution in [0.5, 0.6) is 0 Å². The number of anilines is 1. The Labute approximate surface area is 150 Å². The average Bonchev–Trinajstić information content (AvgIpc) is 3.29. The number of aromatic nitrogens is 7.